The minimum atomic E-state index is -3.36. The maximum atomic E-state index is 12.5. The summed E-state index contributed by atoms with van der Waals surface area (Å²) >= 11 is 0. The third-order valence-corrected chi connectivity index (χ3v) is 5.96. The van der Waals surface area contributed by atoms with Crippen LogP contribution in [0.15, 0.2) is 17.2 Å². The van der Waals surface area contributed by atoms with Crippen LogP contribution in [-0.2, 0) is 16.6 Å². The van der Waals surface area contributed by atoms with E-state index in [1.165, 1.54) is 17.1 Å². The minimum absolute atomic E-state index is 0.372. The van der Waals surface area contributed by atoms with Crippen molar-refractivity contribution in [2.24, 2.45) is 5.92 Å². The number of aromatic nitrogens is 1. The monoisotopic (exact) mass is 313 g/mol. The Bertz CT molecular complexity index is 533. The van der Waals surface area contributed by atoms with Crippen molar-refractivity contribution in [1.29, 1.82) is 0 Å². The number of hydrogen-bond donors (Lipinski definition) is 2. The second kappa shape index (κ2) is 7.42. The summed E-state index contributed by atoms with van der Waals surface area (Å²) in [5, 5.41) is 3.26. The van der Waals surface area contributed by atoms with Gasteiger partial charge < -0.3 is 10.3 Å². The van der Waals surface area contributed by atoms with Gasteiger partial charge in [0.15, 0.2) is 0 Å². The molecule has 6 heteroatoms. The third-order valence-electron chi connectivity index (χ3n) is 4.16. The van der Waals surface area contributed by atoms with Gasteiger partial charge in [0.1, 0.15) is 0 Å². The highest BCUT2D eigenvalue weighted by atomic mass is 32.2. The highest BCUT2D eigenvalue weighted by Crippen LogP contribution is 2.27. The first kappa shape index (κ1) is 16.5. The van der Waals surface area contributed by atoms with Crippen LogP contribution in [0, 0.1) is 5.92 Å². The van der Waals surface area contributed by atoms with Crippen LogP contribution in [0.2, 0.25) is 0 Å². The topological polar surface area (TPSA) is 65.2 Å². The average molecular weight is 313 g/mol. The molecule has 0 spiro atoms. The Morgan fingerprint density at radius 2 is 2.10 bits per heavy atom. The van der Waals surface area contributed by atoms with Crippen molar-refractivity contribution in [3.05, 3.63) is 18.0 Å². The highest BCUT2D eigenvalue weighted by Gasteiger charge is 2.26. The summed E-state index contributed by atoms with van der Waals surface area (Å²) in [4.78, 5) is 3.42. The SMILES string of the molecule is CCCNCc1cc(S(=O)(=O)N(C)CC2CCCC2)c[nH]1. The number of sulfonamides is 1. The van der Waals surface area contributed by atoms with Gasteiger partial charge in [0.25, 0.3) is 0 Å². The molecule has 1 saturated carbocycles. The van der Waals surface area contributed by atoms with Crippen LogP contribution in [-0.4, -0.2) is 37.8 Å². The fraction of sp³-hybridized carbons (Fsp3) is 0.733. The van der Waals surface area contributed by atoms with E-state index >= 15 is 0 Å². The molecule has 0 saturated heterocycles. The summed E-state index contributed by atoms with van der Waals surface area (Å²) in [6.45, 7) is 4.35. The number of nitrogens with zero attached hydrogens (tertiary/aromatic N) is 1. The number of hydrogen-bond acceptors (Lipinski definition) is 3. The zero-order chi connectivity index (χ0) is 15.3. The number of H-pyrrole nitrogens is 1. The van der Waals surface area contributed by atoms with E-state index in [0.717, 1.165) is 31.5 Å². The van der Waals surface area contributed by atoms with Crippen molar-refractivity contribution in [1.82, 2.24) is 14.6 Å². The van der Waals surface area contributed by atoms with Gasteiger partial charge in [-0.3, -0.25) is 0 Å². The molecule has 0 bridgehead atoms. The summed E-state index contributed by atoms with van der Waals surface area (Å²) in [6, 6.07) is 1.74. The van der Waals surface area contributed by atoms with Crippen LogP contribution in [0.5, 0.6) is 0 Å². The average Bonchev–Trinajstić information content (AvgIpc) is 3.10. The van der Waals surface area contributed by atoms with Crippen molar-refractivity contribution >= 4 is 10.0 Å². The Hall–Kier alpha value is -0.850. The Labute approximate surface area is 128 Å². The number of aromatic amines is 1. The van der Waals surface area contributed by atoms with E-state index in [1.807, 2.05) is 0 Å². The Morgan fingerprint density at radius 1 is 1.38 bits per heavy atom. The molecular formula is C15H27N3O2S. The lowest BCUT2D eigenvalue weighted by Crippen LogP contribution is -2.31. The van der Waals surface area contributed by atoms with Crippen molar-refractivity contribution in [2.45, 2.75) is 50.5 Å². The molecule has 0 amide bonds. The summed E-state index contributed by atoms with van der Waals surface area (Å²) in [5.41, 5.74) is 0.913. The summed E-state index contributed by atoms with van der Waals surface area (Å²) in [5.74, 6) is 0.523. The molecule has 5 nitrogen and oxygen atoms in total. The van der Waals surface area contributed by atoms with Crippen LogP contribution < -0.4 is 5.32 Å². The molecule has 0 aliphatic heterocycles. The fourth-order valence-corrected chi connectivity index (χ4v) is 4.17. The van der Waals surface area contributed by atoms with Crippen molar-refractivity contribution in [2.75, 3.05) is 20.1 Å². The van der Waals surface area contributed by atoms with Crippen LogP contribution >= 0.6 is 0 Å². The molecule has 0 aromatic carbocycles. The highest BCUT2D eigenvalue weighted by molar-refractivity contribution is 7.89. The number of nitrogens with one attached hydrogen (secondary N) is 2. The van der Waals surface area contributed by atoms with Crippen molar-refractivity contribution in [3.63, 3.8) is 0 Å². The Balaban J connectivity index is 1.97. The van der Waals surface area contributed by atoms with E-state index in [0.29, 0.717) is 23.9 Å². The molecule has 2 rings (SSSR count). The smallest absolute Gasteiger partial charge is 0.244 e. The van der Waals surface area contributed by atoms with Crippen LogP contribution in [0.1, 0.15) is 44.7 Å². The first-order chi connectivity index (χ1) is 10.0. The summed E-state index contributed by atoms with van der Waals surface area (Å²) < 4.78 is 26.6. The molecule has 1 aliphatic carbocycles. The molecule has 0 radical (unpaired) electrons. The van der Waals surface area contributed by atoms with Gasteiger partial charge in [-0.05, 0) is 37.8 Å². The molecule has 0 unspecified atom stereocenters. The van der Waals surface area contributed by atoms with Gasteiger partial charge in [0, 0.05) is 32.0 Å². The Kier molecular flexibility index (Phi) is 5.84. The maximum absolute atomic E-state index is 12.5. The molecule has 0 atom stereocenters. The molecular weight excluding hydrogens is 286 g/mol. The molecule has 1 fully saturated rings. The molecule has 1 aromatic heterocycles. The lowest BCUT2D eigenvalue weighted by atomic mass is 10.1. The van der Waals surface area contributed by atoms with Crippen LogP contribution in [0.25, 0.3) is 0 Å². The lowest BCUT2D eigenvalue weighted by Gasteiger charge is -2.20. The second-order valence-electron chi connectivity index (χ2n) is 5.97. The van der Waals surface area contributed by atoms with E-state index in [1.54, 1.807) is 19.3 Å². The van der Waals surface area contributed by atoms with E-state index in [9.17, 15) is 8.42 Å². The molecule has 2 N–H and O–H groups in total. The van der Waals surface area contributed by atoms with Crippen LogP contribution in [0.3, 0.4) is 0 Å². The predicted octanol–water partition coefficient (Wildman–Crippen LogP) is 2.32. The summed E-state index contributed by atoms with van der Waals surface area (Å²) in [6.07, 6.45) is 7.43. The van der Waals surface area contributed by atoms with Gasteiger partial charge >= 0.3 is 0 Å². The minimum Gasteiger partial charge on any atom is -0.363 e. The van der Waals surface area contributed by atoms with E-state index in [-0.39, 0.29) is 0 Å². The van der Waals surface area contributed by atoms with Gasteiger partial charge in [-0.1, -0.05) is 19.8 Å². The predicted molar refractivity (Wildman–Crippen MR) is 84.6 cm³/mol. The molecule has 120 valence electrons. The van der Waals surface area contributed by atoms with Gasteiger partial charge in [-0.2, -0.15) is 0 Å². The third kappa shape index (κ3) is 4.31. The molecule has 21 heavy (non-hydrogen) atoms. The van der Waals surface area contributed by atoms with Crippen molar-refractivity contribution < 1.29 is 8.42 Å². The maximum Gasteiger partial charge on any atom is 0.244 e. The zero-order valence-corrected chi connectivity index (χ0v) is 13.9. The van der Waals surface area contributed by atoms with Gasteiger partial charge in [0.05, 0.1) is 4.90 Å². The molecule has 1 heterocycles. The quantitative estimate of drug-likeness (QED) is 0.724. The summed E-state index contributed by atoms with van der Waals surface area (Å²) in [7, 11) is -1.67. The van der Waals surface area contributed by atoms with E-state index in [4.69, 9.17) is 0 Å². The van der Waals surface area contributed by atoms with Gasteiger partial charge in [-0.15, -0.1) is 0 Å². The fourth-order valence-electron chi connectivity index (χ4n) is 2.90. The zero-order valence-electron chi connectivity index (χ0n) is 13.1. The first-order valence-electron chi connectivity index (χ1n) is 7.88. The standard InChI is InChI=1S/C15H27N3O2S/c1-3-8-16-10-14-9-15(11-17-14)21(19,20)18(2)12-13-6-4-5-7-13/h9,11,13,16-17H,3-8,10,12H2,1-2H3. The largest absolute Gasteiger partial charge is 0.363 e. The van der Waals surface area contributed by atoms with Crippen molar-refractivity contribution in [3.8, 4) is 0 Å². The number of rotatable bonds is 8. The van der Waals surface area contributed by atoms with E-state index in [2.05, 4.69) is 17.2 Å². The first-order valence-corrected chi connectivity index (χ1v) is 9.32. The second-order valence-corrected chi connectivity index (χ2v) is 8.02. The normalized spacial score (nSPS) is 16.9. The van der Waals surface area contributed by atoms with Crippen LogP contribution in [0.4, 0.5) is 0 Å². The Morgan fingerprint density at radius 3 is 2.76 bits per heavy atom. The van der Waals surface area contributed by atoms with E-state index < -0.39 is 10.0 Å². The molecule has 1 aliphatic rings. The van der Waals surface area contributed by atoms with Gasteiger partial charge in [-0.25, -0.2) is 12.7 Å². The van der Waals surface area contributed by atoms with Gasteiger partial charge in [0.2, 0.25) is 10.0 Å². The lowest BCUT2D eigenvalue weighted by molar-refractivity contribution is 0.387. The molecule has 1 aromatic rings.